The number of aromatic nitrogens is 2. The fraction of sp³-hybridized carbons (Fsp3) is 0.263. The van der Waals surface area contributed by atoms with Crippen molar-refractivity contribution in [3.8, 4) is 5.75 Å². The molecule has 0 saturated carbocycles. The van der Waals surface area contributed by atoms with Gasteiger partial charge in [0.05, 0.1) is 23.1 Å². The van der Waals surface area contributed by atoms with Crippen LogP contribution in [0.1, 0.15) is 23.1 Å². The predicted octanol–water partition coefficient (Wildman–Crippen LogP) is 2.99. The standard InChI is InChI=1S/C19H20N2O3/c1-13(22)16-7-3-6-10-19(16)24-12-15(23)11-21-14(2)20-17-8-4-5-9-18(17)21/h3-10,15,23H,11-12H2,1-2H3/t15-/m1/s1. The SMILES string of the molecule is CC(=O)c1ccccc1OC[C@H](O)Cn1c(C)nc2ccccc21. The minimum absolute atomic E-state index is 0.0588. The van der Waals surface area contributed by atoms with E-state index < -0.39 is 6.10 Å². The molecular weight excluding hydrogens is 304 g/mol. The van der Waals surface area contributed by atoms with Gasteiger partial charge in [-0.2, -0.15) is 0 Å². The number of para-hydroxylation sites is 3. The van der Waals surface area contributed by atoms with E-state index in [0.717, 1.165) is 16.9 Å². The van der Waals surface area contributed by atoms with Gasteiger partial charge in [-0.3, -0.25) is 4.79 Å². The highest BCUT2D eigenvalue weighted by molar-refractivity contribution is 5.96. The first kappa shape index (κ1) is 16.2. The number of rotatable bonds is 6. The van der Waals surface area contributed by atoms with Crippen LogP contribution in [0.15, 0.2) is 48.5 Å². The lowest BCUT2D eigenvalue weighted by molar-refractivity contribution is 0.0900. The normalized spacial score (nSPS) is 12.3. The molecule has 1 atom stereocenters. The summed E-state index contributed by atoms with van der Waals surface area (Å²) in [4.78, 5) is 16.1. The number of Topliss-reactive ketones (excluding diaryl/α,β-unsaturated/α-hetero) is 1. The first-order valence-electron chi connectivity index (χ1n) is 7.89. The topological polar surface area (TPSA) is 64.3 Å². The van der Waals surface area contributed by atoms with Crippen LogP contribution in [0.2, 0.25) is 0 Å². The third-order valence-corrected chi connectivity index (χ3v) is 3.94. The van der Waals surface area contributed by atoms with Gasteiger partial charge in [0.1, 0.15) is 24.3 Å². The quantitative estimate of drug-likeness (QED) is 0.708. The molecule has 0 fully saturated rings. The van der Waals surface area contributed by atoms with Crippen molar-refractivity contribution >= 4 is 16.8 Å². The minimum Gasteiger partial charge on any atom is -0.490 e. The molecule has 3 rings (SSSR count). The van der Waals surface area contributed by atoms with Gasteiger partial charge >= 0.3 is 0 Å². The molecule has 0 bridgehead atoms. The Morgan fingerprint density at radius 1 is 1.21 bits per heavy atom. The largest absolute Gasteiger partial charge is 0.490 e. The molecule has 5 heteroatoms. The molecule has 24 heavy (non-hydrogen) atoms. The first-order valence-corrected chi connectivity index (χ1v) is 7.89. The Morgan fingerprint density at radius 2 is 1.92 bits per heavy atom. The van der Waals surface area contributed by atoms with Gasteiger partial charge in [0.2, 0.25) is 0 Å². The Morgan fingerprint density at radius 3 is 2.71 bits per heavy atom. The maximum absolute atomic E-state index is 11.6. The van der Waals surface area contributed by atoms with Gasteiger partial charge in [0.25, 0.3) is 0 Å². The number of hydrogen-bond acceptors (Lipinski definition) is 4. The van der Waals surface area contributed by atoms with Crippen molar-refractivity contribution < 1.29 is 14.6 Å². The minimum atomic E-state index is -0.707. The van der Waals surface area contributed by atoms with E-state index >= 15 is 0 Å². The van der Waals surface area contributed by atoms with Crippen LogP contribution in [0.5, 0.6) is 5.75 Å². The fourth-order valence-electron chi connectivity index (χ4n) is 2.76. The number of ether oxygens (including phenoxy) is 1. The number of fused-ring (bicyclic) bond motifs is 1. The van der Waals surface area contributed by atoms with Crippen LogP contribution in [0.25, 0.3) is 11.0 Å². The molecular formula is C19H20N2O3. The monoisotopic (exact) mass is 324 g/mol. The number of aliphatic hydroxyl groups excluding tert-OH is 1. The van der Waals surface area contributed by atoms with Crippen LogP contribution in [-0.4, -0.2) is 33.2 Å². The van der Waals surface area contributed by atoms with Gasteiger partial charge in [-0.05, 0) is 38.1 Å². The number of imidazole rings is 1. The molecule has 124 valence electrons. The number of ketones is 1. The predicted molar refractivity (Wildman–Crippen MR) is 92.4 cm³/mol. The summed E-state index contributed by atoms with van der Waals surface area (Å²) in [6, 6.07) is 14.9. The molecule has 5 nitrogen and oxygen atoms in total. The zero-order valence-corrected chi connectivity index (χ0v) is 13.8. The van der Waals surface area contributed by atoms with Crippen LogP contribution in [0.4, 0.5) is 0 Å². The van der Waals surface area contributed by atoms with E-state index in [1.165, 1.54) is 6.92 Å². The summed E-state index contributed by atoms with van der Waals surface area (Å²) in [5, 5.41) is 10.3. The zero-order valence-electron chi connectivity index (χ0n) is 13.8. The Bertz CT molecular complexity index is 870. The van der Waals surface area contributed by atoms with Crippen LogP contribution in [0.3, 0.4) is 0 Å². The summed E-state index contributed by atoms with van der Waals surface area (Å²) in [6.07, 6.45) is -0.707. The van der Waals surface area contributed by atoms with Crippen LogP contribution in [0, 0.1) is 6.92 Å². The Hall–Kier alpha value is -2.66. The highest BCUT2D eigenvalue weighted by Gasteiger charge is 2.14. The summed E-state index contributed by atoms with van der Waals surface area (Å²) in [6.45, 7) is 3.91. The van der Waals surface area contributed by atoms with Crippen molar-refractivity contribution in [3.63, 3.8) is 0 Å². The maximum atomic E-state index is 11.6. The number of nitrogens with zero attached hydrogens (tertiary/aromatic N) is 2. The van der Waals surface area contributed by atoms with Gasteiger partial charge in [-0.15, -0.1) is 0 Å². The number of aryl methyl sites for hydroxylation is 1. The highest BCUT2D eigenvalue weighted by Crippen LogP contribution is 2.19. The summed E-state index contributed by atoms with van der Waals surface area (Å²) in [5.41, 5.74) is 2.41. The van der Waals surface area contributed by atoms with Gasteiger partial charge in [0, 0.05) is 0 Å². The fourth-order valence-corrected chi connectivity index (χ4v) is 2.76. The molecule has 0 aliphatic heterocycles. The molecule has 0 saturated heterocycles. The van der Waals surface area contributed by atoms with E-state index in [0.29, 0.717) is 17.9 Å². The van der Waals surface area contributed by atoms with E-state index in [9.17, 15) is 9.90 Å². The van der Waals surface area contributed by atoms with Crippen LogP contribution < -0.4 is 4.74 Å². The van der Waals surface area contributed by atoms with Crippen molar-refractivity contribution in [2.75, 3.05) is 6.61 Å². The molecule has 0 spiro atoms. The highest BCUT2D eigenvalue weighted by atomic mass is 16.5. The van der Waals surface area contributed by atoms with Crippen LogP contribution >= 0.6 is 0 Å². The second-order valence-electron chi connectivity index (χ2n) is 5.78. The molecule has 2 aromatic carbocycles. The summed E-state index contributed by atoms with van der Waals surface area (Å²) in [5.74, 6) is 1.28. The molecule has 0 unspecified atom stereocenters. The second kappa shape index (κ2) is 6.84. The number of hydrogen-bond donors (Lipinski definition) is 1. The third kappa shape index (κ3) is 3.31. The van der Waals surface area contributed by atoms with Gasteiger partial charge < -0.3 is 14.4 Å². The summed E-state index contributed by atoms with van der Waals surface area (Å²) in [7, 11) is 0. The molecule has 1 aromatic heterocycles. The van der Waals surface area contributed by atoms with Crippen molar-refractivity contribution in [2.24, 2.45) is 0 Å². The Labute approximate surface area is 140 Å². The van der Waals surface area contributed by atoms with Crippen molar-refractivity contribution in [2.45, 2.75) is 26.5 Å². The molecule has 0 amide bonds. The zero-order chi connectivity index (χ0) is 17.1. The van der Waals surface area contributed by atoms with E-state index in [1.807, 2.05) is 41.8 Å². The number of carbonyl (C=O) groups is 1. The molecule has 1 heterocycles. The average Bonchev–Trinajstić information content (AvgIpc) is 2.89. The van der Waals surface area contributed by atoms with E-state index in [2.05, 4.69) is 4.98 Å². The molecule has 3 aromatic rings. The Kier molecular flexibility index (Phi) is 4.62. The van der Waals surface area contributed by atoms with Gasteiger partial charge in [0.15, 0.2) is 5.78 Å². The number of benzene rings is 2. The third-order valence-electron chi connectivity index (χ3n) is 3.94. The molecule has 0 radical (unpaired) electrons. The van der Waals surface area contributed by atoms with E-state index in [1.54, 1.807) is 18.2 Å². The van der Waals surface area contributed by atoms with E-state index in [-0.39, 0.29) is 12.4 Å². The molecule has 0 aliphatic rings. The maximum Gasteiger partial charge on any atom is 0.163 e. The lowest BCUT2D eigenvalue weighted by Crippen LogP contribution is -2.24. The summed E-state index contributed by atoms with van der Waals surface area (Å²) < 4.78 is 7.63. The molecule has 0 aliphatic carbocycles. The van der Waals surface area contributed by atoms with Gasteiger partial charge in [-0.1, -0.05) is 24.3 Å². The smallest absolute Gasteiger partial charge is 0.163 e. The first-order chi connectivity index (χ1) is 11.6. The number of aliphatic hydroxyl groups is 1. The lowest BCUT2D eigenvalue weighted by Gasteiger charge is -2.16. The van der Waals surface area contributed by atoms with Crippen LogP contribution in [-0.2, 0) is 6.54 Å². The number of carbonyl (C=O) groups excluding carboxylic acids is 1. The van der Waals surface area contributed by atoms with E-state index in [4.69, 9.17) is 4.74 Å². The summed E-state index contributed by atoms with van der Waals surface area (Å²) >= 11 is 0. The van der Waals surface area contributed by atoms with Gasteiger partial charge in [-0.25, -0.2) is 4.98 Å². The lowest BCUT2D eigenvalue weighted by atomic mass is 10.1. The van der Waals surface area contributed by atoms with Crippen molar-refractivity contribution in [1.82, 2.24) is 9.55 Å². The second-order valence-corrected chi connectivity index (χ2v) is 5.78. The Balaban J connectivity index is 1.71. The average molecular weight is 324 g/mol. The van der Waals surface area contributed by atoms with Crippen molar-refractivity contribution in [1.29, 1.82) is 0 Å². The van der Waals surface area contributed by atoms with Crippen molar-refractivity contribution in [3.05, 3.63) is 59.9 Å². The molecule has 1 N–H and O–H groups in total.